The first-order chi connectivity index (χ1) is 12.9. The average molecular weight is 367 g/mol. The number of fused-ring (bicyclic) bond motifs is 1. The minimum absolute atomic E-state index is 0.0953. The second-order valence-electron chi connectivity index (χ2n) is 6.78. The molecule has 0 aliphatic rings. The van der Waals surface area contributed by atoms with Gasteiger partial charge in [-0.1, -0.05) is 37.3 Å². The molecule has 0 radical (unpaired) electrons. The van der Waals surface area contributed by atoms with Crippen molar-refractivity contribution in [3.63, 3.8) is 0 Å². The number of para-hydroxylation sites is 1. The molecule has 2 heterocycles. The van der Waals surface area contributed by atoms with Crippen LogP contribution in [0.5, 0.6) is 0 Å². The smallest absolute Gasteiger partial charge is 0.326 e. The predicted molar refractivity (Wildman–Crippen MR) is 99.7 cm³/mol. The topological polar surface area (TPSA) is 110 Å². The van der Waals surface area contributed by atoms with Crippen LogP contribution >= 0.6 is 0 Å². The monoisotopic (exact) mass is 367 g/mol. The lowest BCUT2D eigenvalue weighted by atomic mass is 10.0. The van der Waals surface area contributed by atoms with E-state index in [1.54, 1.807) is 17.8 Å². The second-order valence-corrected chi connectivity index (χ2v) is 6.78. The number of carboxylic acids is 1. The molecule has 8 nitrogen and oxygen atoms in total. The number of nitrogens with zero attached hydrogens (tertiary/aromatic N) is 4. The summed E-state index contributed by atoms with van der Waals surface area (Å²) in [5, 5.41) is 20.9. The summed E-state index contributed by atoms with van der Waals surface area (Å²) < 4.78 is 1.54. The molecule has 0 aliphatic heterocycles. The molecule has 1 aromatic carbocycles. The predicted octanol–water partition coefficient (Wildman–Crippen LogP) is 2.35. The summed E-state index contributed by atoms with van der Waals surface area (Å²) in [6.07, 6.45) is 2.02. The number of carbonyl (C=O) groups excluding carboxylic acids is 1. The van der Waals surface area contributed by atoms with Crippen LogP contribution in [0.1, 0.15) is 36.5 Å². The largest absolute Gasteiger partial charge is 0.480 e. The highest BCUT2D eigenvalue weighted by molar-refractivity contribution is 5.96. The van der Waals surface area contributed by atoms with E-state index < -0.39 is 17.9 Å². The Morgan fingerprint density at radius 2 is 1.96 bits per heavy atom. The van der Waals surface area contributed by atoms with Crippen molar-refractivity contribution in [2.24, 2.45) is 5.92 Å². The number of amides is 1. The summed E-state index contributed by atoms with van der Waals surface area (Å²) in [5.74, 6) is -1.50. The molecule has 3 rings (SSSR count). The van der Waals surface area contributed by atoms with Gasteiger partial charge in [0.1, 0.15) is 6.04 Å². The number of pyridine rings is 1. The van der Waals surface area contributed by atoms with E-state index >= 15 is 0 Å². The Kier molecular flexibility index (Phi) is 5.16. The Bertz CT molecular complexity index is 991. The number of benzene rings is 1. The lowest BCUT2D eigenvalue weighted by Crippen LogP contribution is -2.42. The van der Waals surface area contributed by atoms with Crippen molar-refractivity contribution in [1.82, 2.24) is 25.3 Å². The summed E-state index contributed by atoms with van der Waals surface area (Å²) in [6, 6.07) is 8.48. The zero-order valence-electron chi connectivity index (χ0n) is 15.4. The van der Waals surface area contributed by atoms with Crippen molar-refractivity contribution in [3.8, 4) is 5.69 Å². The molecule has 0 saturated heterocycles. The van der Waals surface area contributed by atoms with Crippen LogP contribution < -0.4 is 5.32 Å². The normalized spacial score (nSPS) is 12.3. The number of carboxylic acid groups (broad SMARTS) is 1. The fraction of sp³-hybridized carbons (Fsp3) is 0.316. The molecule has 3 aromatic rings. The Hall–Kier alpha value is -3.29. The Morgan fingerprint density at radius 3 is 2.67 bits per heavy atom. The van der Waals surface area contributed by atoms with Gasteiger partial charge in [0, 0.05) is 11.6 Å². The third-order valence-electron chi connectivity index (χ3n) is 4.26. The molecule has 0 saturated carbocycles. The fourth-order valence-electron chi connectivity index (χ4n) is 2.95. The zero-order valence-corrected chi connectivity index (χ0v) is 15.4. The van der Waals surface area contributed by atoms with Gasteiger partial charge in [-0.05, 0) is 31.4 Å². The number of carbonyl (C=O) groups is 2. The summed E-state index contributed by atoms with van der Waals surface area (Å²) in [7, 11) is 0. The minimum atomic E-state index is -1.07. The molecule has 1 amide bonds. The minimum Gasteiger partial charge on any atom is -0.480 e. The zero-order chi connectivity index (χ0) is 19.6. The van der Waals surface area contributed by atoms with Crippen LogP contribution in [0.2, 0.25) is 0 Å². The lowest BCUT2D eigenvalue weighted by molar-refractivity contribution is -0.139. The molecule has 140 valence electrons. The van der Waals surface area contributed by atoms with Gasteiger partial charge in [0.15, 0.2) is 5.69 Å². The van der Waals surface area contributed by atoms with Gasteiger partial charge in [-0.2, -0.15) is 0 Å². The quantitative estimate of drug-likeness (QED) is 0.692. The van der Waals surface area contributed by atoms with E-state index in [-0.39, 0.29) is 11.6 Å². The van der Waals surface area contributed by atoms with Crippen molar-refractivity contribution in [2.75, 3.05) is 0 Å². The summed E-state index contributed by atoms with van der Waals surface area (Å²) in [4.78, 5) is 28.3. The van der Waals surface area contributed by atoms with Gasteiger partial charge in [-0.25, -0.2) is 9.48 Å². The van der Waals surface area contributed by atoms with Crippen LogP contribution in [0.25, 0.3) is 16.6 Å². The van der Waals surface area contributed by atoms with E-state index in [4.69, 9.17) is 0 Å². The van der Waals surface area contributed by atoms with Gasteiger partial charge in [0.25, 0.3) is 5.91 Å². The molecule has 27 heavy (non-hydrogen) atoms. The van der Waals surface area contributed by atoms with E-state index in [1.807, 2.05) is 44.2 Å². The maximum Gasteiger partial charge on any atom is 0.326 e. The highest BCUT2D eigenvalue weighted by atomic mass is 16.4. The van der Waals surface area contributed by atoms with Crippen LogP contribution in [0.3, 0.4) is 0 Å². The maximum absolute atomic E-state index is 12.6. The Balaban J connectivity index is 1.93. The molecule has 0 aliphatic carbocycles. The van der Waals surface area contributed by atoms with Crippen LogP contribution in [-0.2, 0) is 4.79 Å². The molecule has 1 unspecified atom stereocenters. The van der Waals surface area contributed by atoms with Crippen LogP contribution in [0.4, 0.5) is 0 Å². The first kappa shape index (κ1) is 18.5. The Morgan fingerprint density at radius 1 is 1.22 bits per heavy atom. The molecular formula is C19H21N5O3. The van der Waals surface area contributed by atoms with Gasteiger partial charge in [0.05, 0.1) is 16.9 Å². The van der Waals surface area contributed by atoms with Gasteiger partial charge < -0.3 is 10.4 Å². The van der Waals surface area contributed by atoms with E-state index in [1.165, 1.54) is 0 Å². The Labute approximate surface area is 156 Å². The average Bonchev–Trinajstić information content (AvgIpc) is 3.01. The van der Waals surface area contributed by atoms with Crippen LogP contribution in [0.15, 0.2) is 36.5 Å². The summed E-state index contributed by atoms with van der Waals surface area (Å²) in [5.41, 5.74) is 2.05. The number of nitrogens with one attached hydrogen (secondary N) is 1. The van der Waals surface area contributed by atoms with Crippen molar-refractivity contribution in [2.45, 2.75) is 33.2 Å². The highest BCUT2D eigenvalue weighted by Gasteiger charge is 2.25. The molecular weight excluding hydrogens is 346 g/mol. The van der Waals surface area contributed by atoms with Gasteiger partial charge in [-0.15, -0.1) is 5.10 Å². The van der Waals surface area contributed by atoms with Crippen LogP contribution in [0, 0.1) is 12.8 Å². The summed E-state index contributed by atoms with van der Waals surface area (Å²) in [6.45, 7) is 5.52. The molecule has 8 heteroatoms. The van der Waals surface area contributed by atoms with Gasteiger partial charge >= 0.3 is 5.97 Å². The van der Waals surface area contributed by atoms with Gasteiger partial charge in [0.2, 0.25) is 0 Å². The molecule has 2 N–H and O–H groups in total. The van der Waals surface area contributed by atoms with Crippen molar-refractivity contribution >= 4 is 22.8 Å². The number of hydrogen-bond acceptors (Lipinski definition) is 5. The number of aliphatic carboxylic acids is 1. The number of aromatic nitrogens is 4. The first-order valence-electron chi connectivity index (χ1n) is 8.68. The number of rotatable bonds is 6. The number of hydrogen-bond donors (Lipinski definition) is 2. The first-order valence-corrected chi connectivity index (χ1v) is 8.68. The van der Waals surface area contributed by atoms with E-state index in [2.05, 4.69) is 20.6 Å². The fourth-order valence-corrected chi connectivity index (χ4v) is 2.95. The van der Waals surface area contributed by atoms with E-state index in [0.29, 0.717) is 17.8 Å². The van der Waals surface area contributed by atoms with E-state index in [0.717, 1.165) is 10.9 Å². The third-order valence-corrected chi connectivity index (χ3v) is 4.26. The molecule has 0 bridgehead atoms. The third kappa shape index (κ3) is 3.79. The maximum atomic E-state index is 12.6. The standard InChI is InChI=1S/C19H21N5O3/c1-11(2)10-14(19(26)27)21-18(25)16-12(3)24(23-22-16)15-8-4-6-13-7-5-9-20-17(13)15/h4-9,11,14H,10H2,1-3H3,(H,21,25)(H,26,27). The van der Waals surface area contributed by atoms with Crippen molar-refractivity contribution in [1.29, 1.82) is 0 Å². The summed E-state index contributed by atoms with van der Waals surface area (Å²) >= 11 is 0. The molecule has 2 aromatic heterocycles. The SMILES string of the molecule is Cc1c(C(=O)NC(CC(C)C)C(=O)O)nnn1-c1cccc2cccnc12. The molecule has 1 atom stereocenters. The van der Waals surface area contributed by atoms with Crippen LogP contribution in [-0.4, -0.2) is 43.0 Å². The lowest BCUT2D eigenvalue weighted by Gasteiger charge is -2.15. The highest BCUT2D eigenvalue weighted by Crippen LogP contribution is 2.21. The molecule has 0 spiro atoms. The van der Waals surface area contributed by atoms with Gasteiger partial charge in [-0.3, -0.25) is 9.78 Å². The van der Waals surface area contributed by atoms with Crippen molar-refractivity contribution < 1.29 is 14.7 Å². The van der Waals surface area contributed by atoms with Crippen molar-refractivity contribution in [3.05, 3.63) is 47.9 Å². The second kappa shape index (κ2) is 7.53. The van der Waals surface area contributed by atoms with E-state index in [9.17, 15) is 14.7 Å². The molecule has 0 fully saturated rings.